The number of carbonyl (C=O) groups is 1. The maximum atomic E-state index is 13.0. The van der Waals surface area contributed by atoms with E-state index in [1.165, 1.54) is 16.4 Å². The first-order valence-corrected chi connectivity index (χ1v) is 11.4. The fraction of sp³-hybridized carbons (Fsp3) is 0.286. The smallest absolute Gasteiger partial charge is 0.243 e. The van der Waals surface area contributed by atoms with Gasteiger partial charge in [0, 0.05) is 35.2 Å². The summed E-state index contributed by atoms with van der Waals surface area (Å²) >= 11 is 5.86. The molecule has 6 nitrogen and oxygen atoms in total. The second-order valence-corrected chi connectivity index (χ2v) is 9.46. The molecule has 1 aliphatic heterocycles. The lowest BCUT2D eigenvalue weighted by molar-refractivity contribution is -0.124. The van der Waals surface area contributed by atoms with Crippen molar-refractivity contribution in [3.63, 3.8) is 0 Å². The van der Waals surface area contributed by atoms with Gasteiger partial charge in [-0.15, -0.1) is 0 Å². The number of nitrogens with zero attached hydrogens (tertiary/aromatic N) is 1. The van der Waals surface area contributed by atoms with E-state index in [1.54, 1.807) is 12.1 Å². The third kappa shape index (κ3) is 4.03. The van der Waals surface area contributed by atoms with Crippen LogP contribution >= 0.6 is 11.6 Å². The minimum Gasteiger partial charge on any atom is -0.361 e. The molecule has 2 N–H and O–H groups in total. The zero-order valence-corrected chi connectivity index (χ0v) is 17.3. The summed E-state index contributed by atoms with van der Waals surface area (Å²) in [6.45, 7) is 0.789. The summed E-state index contributed by atoms with van der Waals surface area (Å²) in [5.41, 5.74) is 2.18. The fourth-order valence-corrected chi connectivity index (χ4v) is 5.59. The average molecular weight is 432 g/mol. The fourth-order valence-electron chi connectivity index (χ4n) is 3.81. The van der Waals surface area contributed by atoms with Gasteiger partial charge in [0.2, 0.25) is 15.9 Å². The van der Waals surface area contributed by atoms with Crippen molar-refractivity contribution in [1.82, 2.24) is 14.6 Å². The Kier molecular flexibility index (Phi) is 5.63. The topological polar surface area (TPSA) is 82.3 Å². The van der Waals surface area contributed by atoms with Crippen LogP contribution in [0.3, 0.4) is 0 Å². The molecule has 152 valence electrons. The minimum atomic E-state index is -3.74. The van der Waals surface area contributed by atoms with Crippen molar-refractivity contribution < 1.29 is 13.2 Å². The first-order valence-electron chi connectivity index (χ1n) is 9.57. The van der Waals surface area contributed by atoms with E-state index in [9.17, 15) is 13.2 Å². The second-order valence-electron chi connectivity index (χ2n) is 7.13. The van der Waals surface area contributed by atoms with Crippen LogP contribution in [0.15, 0.2) is 59.6 Å². The monoisotopic (exact) mass is 431 g/mol. The number of nitrogens with one attached hydrogen (secondary N) is 2. The summed E-state index contributed by atoms with van der Waals surface area (Å²) in [7, 11) is -3.74. The standard InChI is InChI=1S/C21H22ClN3O3S/c22-16-7-9-17(10-8-16)29(27,28)25-13-3-6-20(25)21(26)23-12-11-15-14-24-19-5-2-1-4-18(15)19/h1-2,4-5,7-10,14,20,24H,3,6,11-13H2,(H,23,26)/t20-/m1/s1. The third-order valence-electron chi connectivity index (χ3n) is 5.30. The first kappa shape index (κ1) is 19.9. The zero-order valence-electron chi connectivity index (χ0n) is 15.8. The third-order valence-corrected chi connectivity index (χ3v) is 7.47. The van der Waals surface area contributed by atoms with E-state index in [1.807, 2.05) is 30.5 Å². The SMILES string of the molecule is O=C(NCCc1c[nH]c2ccccc12)[C@H]1CCCN1S(=O)(=O)c1ccc(Cl)cc1. The van der Waals surface area contributed by atoms with Gasteiger partial charge in [-0.3, -0.25) is 4.79 Å². The highest BCUT2D eigenvalue weighted by Gasteiger charge is 2.39. The largest absolute Gasteiger partial charge is 0.361 e. The van der Waals surface area contributed by atoms with E-state index in [0.29, 0.717) is 37.4 Å². The number of para-hydroxylation sites is 1. The molecule has 3 aromatic rings. The van der Waals surface area contributed by atoms with Crippen molar-refractivity contribution in [3.8, 4) is 0 Å². The lowest BCUT2D eigenvalue weighted by Gasteiger charge is -2.23. The van der Waals surface area contributed by atoms with Crippen LogP contribution in [0, 0.1) is 0 Å². The van der Waals surface area contributed by atoms with Crippen LogP contribution in [0.5, 0.6) is 0 Å². The summed E-state index contributed by atoms with van der Waals surface area (Å²) < 4.78 is 27.2. The minimum absolute atomic E-state index is 0.153. The number of aromatic amines is 1. The van der Waals surface area contributed by atoms with E-state index in [0.717, 1.165) is 16.5 Å². The molecule has 1 fully saturated rings. The van der Waals surface area contributed by atoms with Crippen molar-refractivity contribution in [2.24, 2.45) is 0 Å². The van der Waals surface area contributed by atoms with Gasteiger partial charge in [-0.05, 0) is 55.2 Å². The summed E-state index contributed by atoms with van der Waals surface area (Å²) in [6, 6.07) is 13.4. The number of rotatable bonds is 6. The molecule has 0 bridgehead atoms. The number of H-pyrrole nitrogens is 1. The van der Waals surface area contributed by atoms with Crippen LogP contribution in [0.2, 0.25) is 5.02 Å². The average Bonchev–Trinajstić information content (AvgIpc) is 3.36. The molecule has 2 aromatic carbocycles. The van der Waals surface area contributed by atoms with Gasteiger partial charge in [-0.2, -0.15) is 4.31 Å². The van der Waals surface area contributed by atoms with Crippen LogP contribution < -0.4 is 5.32 Å². The number of halogens is 1. The molecule has 0 saturated carbocycles. The van der Waals surface area contributed by atoms with E-state index in [-0.39, 0.29) is 10.8 Å². The predicted molar refractivity (Wildman–Crippen MR) is 113 cm³/mol. The van der Waals surface area contributed by atoms with Crippen LogP contribution in [0.25, 0.3) is 10.9 Å². The Hall–Kier alpha value is -2.35. The Bertz CT molecular complexity index is 1130. The molecule has 8 heteroatoms. The molecule has 4 rings (SSSR count). The molecule has 1 amide bonds. The van der Waals surface area contributed by atoms with Crippen molar-refractivity contribution in [2.45, 2.75) is 30.2 Å². The number of fused-ring (bicyclic) bond motifs is 1. The number of hydrogen-bond donors (Lipinski definition) is 2. The van der Waals surface area contributed by atoms with Gasteiger partial charge in [0.15, 0.2) is 0 Å². The van der Waals surface area contributed by atoms with Gasteiger partial charge < -0.3 is 10.3 Å². The molecule has 1 atom stereocenters. The maximum absolute atomic E-state index is 13.0. The second kappa shape index (κ2) is 8.18. The Morgan fingerprint density at radius 3 is 2.72 bits per heavy atom. The van der Waals surface area contributed by atoms with Gasteiger partial charge in [0.25, 0.3) is 0 Å². The molecular weight excluding hydrogens is 410 g/mol. The predicted octanol–water partition coefficient (Wildman–Crippen LogP) is 3.33. The lowest BCUT2D eigenvalue weighted by Crippen LogP contribution is -2.46. The van der Waals surface area contributed by atoms with Crippen LogP contribution in [-0.2, 0) is 21.2 Å². The van der Waals surface area contributed by atoms with E-state index < -0.39 is 16.1 Å². The van der Waals surface area contributed by atoms with Crippen LogP contribution in [-0.4, -0.2) is 42.7 Å². The molecule has 1 aliphatic rings. The lowest BCUT2D eigenvalue weighted by atomic mass is 10.1. The first-order chi connectivity index (χ1) is 14.0. The van der Waals surface area contributed by atoms with Crippen molar-refractivity contribution in [2.75, 3.05) is 13.1 Å². The Morgan fingerprint density at radius 2 is 1.93 bits per heavy atom. The number of benzene rings is 2. The number of hydrogen-bond acceptors (Lipinski definition) is 3. The Labute approximate surface area is 174 Å². The Balaban J connectivity index is 1.42. The van der Waals surface area contributed by atoms with E-state index in [2.05, 4.69) is 10.3 Å². The molecule has 0 unspecified atom stereocenters. The highest BCUT2D eigenvalue weighted by Crippen LogP contribution is 2.27. The molecule has 1 saturated heterocycles. The number of aromatic nitrogens is 1. The molecule has 29 heavy (non-hydrogen) atoms. The van der Waals surface area contributed by atoms with Crippen molar-refractivity contribution in [3.05, 3.63) is 65.3 Å². The van der Waals surface area contributed by atoms with Gasteiger partial charge in [0.1, 0.15) is 6.04 Å². The summed E-state index contributed by atoms with van der Waals surface area (Å²) in [4.78, 5) is 16.1. The molecule has 0 spiro atoms. The zero-order chi connectivity index (χ0) is 20.4. The molecule has 1 aromatic heterocycles. The highest BCUT2D eigenvalue weighted by molar-refractivity contribution is 7.89. The number of amides is 1. The number of sulfonamides is 1. The highest BCUT2D eigenvalue weighted by atomic mass is 35.5. The maximum Gasteiger partial charge on any atom is 0.243 e. The Morgan fingerprint density at radius 1 is 1.17 bits per heavy atom. The molecule has 2 heterocycles. The van der Waals surface area contributed by atoms with E-state index >= 15 is 0 Å². The summed E-state index contributed by atoms with van der Waals surface area (Å²) in [5, 5.41) is 4.51. The van der Waals surface area contributed by atoms with E-state index in [4.69, 9.17) is 11.6 Å². The van der Waals surface area contributed by atoms with Gasteiger partial charge >= 0.3 is 0 Å². The van der Waals surface area contributed by atoms with Crippen molar-refractivity contribution >= 4 is 38.4 Å². The van der Waals surface area contributed by atoms with Crippen LogP contribution in [0.1, 0.15) is 18.4 Å². The quantitative estimate of drug-likeness (QED) is 0.628. The van der Waals surface area contributed by atoms with Crippen molar-refractivity contribution in [1.29, 1.82) is 0 Å². The molecular formula is C21H22ClN3O3S. The summed E-state index contributed by atoms with van der Waals surface area (Å²) in [6.07, 6.45) is 3.80. The molecule has 0 aliphatic carbocycles. The van der Waals surface area contributed by atoms with Gasteiger partial charge in [0.05, 0.1) is 4.90 Å². The number of carbonyl (C=O) groups excluding carboxylic acids is 1. The van der Waals surface area contributed by atoms with Gasteiger partial charge in [-0.1, -0.05) is 29.8 Å². The normalized spacial score (nSPS) is 17.6. The molecule has 0 radical (unpaired) electrons. The summed E-state index contributed by atoms with van der Waals surface area (Å²) in [5.74, 6) is -0.250. The van der Waals surface area contributed by atoms with Gasteiger partial charge in [-0.25, -0.2) is 8.42 Å². The van der Waals surface area contributed by atoms with Crippen LogP contribution in [0.4, 0.5) is 0 Å².